The fraction of sp³-hybridized carbons (Fsp3) is 0.545. The molecule has 31 heavy (non-hydrogen) atoms. The molecule has 1 aromatic heterocycles. The van der Waals surface area contributed by atoms with E-state index in [1.807, 2.05) is 0 Å². The molecule has 1 N–H and O–H groups in total. The Morgan fingerprint density at radius 1 is 1.23 bits per heavy atom. The molecule has 2 heterocycles. The Labute approximate surface area is 183 Å². The van der Waals surface area contributed by atoms with Crippen LogP contribution in [0.2, 0.25) is 0 Å². The van der Waals surface area contributed by atoms with E-state index < -0.39 is 26.8 Å². The number of rotatable bonds is 5. The fourth-order valence-corrected chi connectivity index (χ4v) is 5.28. The number of benzene rings is 1. The topological polar surface area (TPSA) is 110 Å². The van der Waals surface area contributed by atoms with Crippen molar-refractivity contribution >= 4 is 15.9 Å². The van der Waals surface area contributed by atoms with Crippen LogP contribution in [0.4, 0.5) is 4.79 Å². The minimum absolute atomic E-state index is 0.0544. The Morgan fingerprint density at radius 2 is 1.84 bits per heavy atom. The lowest BCUT2D eigenvalue weighted by atomic mass is 10.1. The van der Waals surface area contributed by atoms with Gasteiger partial charge in [-0.2, -0.15) is 0 Å². The van der Waals surface area contributed by atoms with E-state index in [1.54, 1.807) is 56.9 Å². The number of nitrogens with zero attached hydrogens (tertiary/aromatic N) is 2. The summed E-state index contributed by atoms with van der Waals surface area (Å²) in [7, 11) is -3.46. The molecule has 0 saturated carbocycles. The molecule has 1 amide bonds. The van der Waals surface area contributed by atoms with Crippen LogP contribution in [-0.4, -0.2) is 53.4 Å². The quantitative estimate of drug-likeness (QED) is 0.743. The van der Waals surface area contributed by atoms with Gasteiger partial charge in [-0.25, -0.2) is 18.2 Å². The number of sulfone groups is 1. The van der Waals surface area contributed by atoms with E-state index in [2.05, 4.69) is 4.98 Å². The molecule has 3 rings (SSSR count). The van der Waals surface area contributed by atoms with E-state index in [-0.39, 0.29) is 12.4 Å². The highest BCUT2D eigenvalue weighted by molar-refractivity contribution is 7.91. The first-order chi connectivity index (χ1) is 14.5. The summed E-state index contributed by atoms with van der Waals surface area (Å²) >= 11 is 0. The third-order valence-corrected chi connectivity index (χ3v) is 7.38. The fourth-order valence-electron chi connectivity index (χ4n) is 3.47. The number of oxazole rings is 1. The third-order valence-electron chi connectivity index (χ3n) is 5.22. The second kappa shape index (κ2) is 9.00. The van der Waals surface area contributed by atoms with Crippen molar-refractivity contribution in [1.29, 1.82) is 0 Å². The predicted octanol–water partition coefficient (Wildman–Crippen LogP) is 3.46. The van der Waals surface area contributed by atoms with Gasteiger partial charge in [0.15, 0.2) is 9.84 Å². The SMILES string of the molecule is Cc1oc(-c2ccc(CO)cc2)nc1CS(=O)(=O)C1CCN(C(=O)OC(C)(C)C)CC1. The number of aliphatic hydroxyl groups is 1. The lowest BCUT2D eigenvalue weighted by Crippen LogP contribution is -2.44. The highest BCUT2D eigenvalue weighted by Crippen LogP contribution is 2.27. The van der Waals surface area contributed by atoms with Gasteiger partial charge in [0.25, 0.3) is 0 Å². The monoisotopic (exact) mass is 450 g/mol. The number of likely N-dealkylation sites (tertiary alicyclic amines) is 1. The average Bonchev–Trinajstić information content (AvgIpc) is 3.06. The maximum Gasteiger partial charge on any atom is 0.410 e. The zero-order valence-corrected chi connectivity index (χ0v) is 19.2. The molecule has 170 valence electrons. The highest BCUT2D eigenvalue weighted by atomic mass is 32.2. The molecule has 1 saturated heterocycles. The average molecular weight is 451 g/mol. The first kappa shape index (κ1) is 23.3. The summed E-state index contributed by atoms with van der Waals surface area (Å²) in [6, 6.07) is 7.09. The number of hydrogen-bond donors (Lipinski definition) is 1. The molecule has 0 bridgehead atoms. The van der Waals surface area contributed by atoms with E-state index in [0.29, 0.717) is 43.3 Å². The van der Waals surface area contributed by atoms with Gasteiger partial charge in [-0.15, -0.1) is 0 Å². The van der Waals surface area contributed by atoms with Gasteiger partial charge in [0.2, 0.25) is 5.89 Å². The molecule has 2 aromatic rings. The van der Waals surface area contributed by atoms with Gasteiger partial charge in [0.05, 0.1) is 23.3 Å². The van der Waals surface area contributed by atoms with Crippen molar-refractivity contribution in [2.45, 2.75) is 63.7 Å². The zero-order chi connectivity index (χ0) is 22.8. The Morgan fingerprint density at radius 3 is 2.39 bits per heavy atom. The molecular formula is C22H30N2O6S. The van der Waals surface area contributed by atoms with Gasteiger partial charge in [-0.1, -0.05) is 12.1 Å². The Balaban J connectivity index is 1.65. The van der Waals surface area contributed by atoms with Crippen LogP contribution in [0, 0.1) is 6.92 Å². The first-order valence-electron chi connectivity index (χ1n) is 10.3. The number of aryl methyl sites for hydroxylation is 1. The molecule has 0 aliphatic carbocycles. The summed E-state index contributed by atoms with van der Waals surface area (Å²) in [5, 5.41) is 8.63. The molecule has 1 fully saturated rings. The maximum atomic E-state index is 13.0. The minimum atomic E-state index is -3.46. The van der Waals surface area contributed by atoms with Crippen LogP contribution >= 0.6 is 0 Å². The Bertz CT molecular complexity index is 1010. The van der Waals surface area contributed by atoms with Crippen molar-refractivity contribution in [1.82, 2.24) is 9.88 Å². The van der Waals surface area contributed by atoms with Crippen molar-refractivity contribution in [3.8, 4) is 11.5 Å². The Kier molecular flexibility index (Phi) is 6.76. The van der Waals surface area contributed by atoms with Crippen LogP contribution in [0.3, 0.4) is 0 Å². The van der Waals surface area contributed by atoms with Crippen molar-refractivity contribution in [2.75, 3.05) is 13.1 Å². The second-order valence-electron chi connectivity index (χ2n) is 8.85. The number of piperidine rings is 1. The smallest absolute Gasteiger partial charge is 0.410 e. The summed E-state index contributed by atoms with van der Waals surface area (Å²) in [6.45, 7) is 7.75. The van der Waals surface area contributed by atoms with Gasteiger partial charge < -0.3 is 19.2 Å². The van der Waals surface area contributed by atoms with Gasteiger partial charge in [-0.3, -0.25) is 0 Å². The van der Waals surface area contributed by atoms with E-state index >= 15 is 0 Å². The molecule has 0 spiro atoms. The zero-order valence-electron chi connectivity index (χ0n) is 18.4. The standard InChI is InChI=1S/C22H30N2O6S/c1-15-19(23-20(29-15)17-7-5-16(13-25)6-8-17)14-31(27,28)18-9-11-24(12-10-18)21(26)30-22(2,3)4/h5-8,18,25H,9-14H2,1-4H3. The number of ether oxygens (including phenoxy) is 1. The minimum Gasteiger partial charge on any atom is -0.444 e. The number of carbonyl (C=O) groups is 1. The van der Waals surface area contributed by atoms with Crippen molar-refractivity contribution in [3.05, 3.63) is 41.3 Å². The summed E-state index contributed by atoms with van der Waals surface area (Å²) in [5.41, 5.74) is 1.30. The largest absolute Gasteiger partial charge is 0.444 e. The number of amides is 1. The van der Waals surface area contributed by atoms with E-state index in [0.717, 1.165) is 11.1 Å². The van der Waals surface area contributed by atoms with Crippen LogP contribution in [0.15, 0.2) is 28.7 Å². The molecule has 9 heteroatoms. The van der Waals surface area contributed by atoms with Gasteiger partial charge in [-0.05, 0) is 58.2 Å². The lowest BCUT2D eigenvalue weighted by molar-refractivity contribution is 0.0217. The molecule has 1 aliphatic rings. The predicted molar refractivity (Wildman–Crippen MR) is 116 cm³/mol. The molecule has 0 atom stereocenters. The van der Waals surface area contributed by atoms with Crippen LogP contribution < -0.4 is 0 Å². The summed E-state index contributed by atoms with van der Waals surface area (Å²) in [4.78, 5) is 18.2. The Hall–Kier alpha value is -2.39. The van der Waals surface area contributed by atoms with Crippen LogP contribution in [-0.2, 0) is 26.9 Å². The van der Waals surface area contributed by atoms with Crippen LogP contribution in [0.25, 0.3) is 11.5 Å². The molecule has 8 nitrogen and oxygen atoms in total. The van der Waals surface area contributed by atoms with Gasteiger partial charge >= 0.3 is 6.09 Å². The van der Waals surface area contributed by atoms with Crippen molar-refractivity contribution < 1.29 is 27.5 Å². The molecule has 1 aromatic carbocycles. The van der Waals surface area contributed by atoms with Gasteiger partial charge in [0.1, 0.15) is 11.4 Å². The van der Waals surface area contributed by atoms with Gasteiger partial charge in [0, 0.05) is 18.7 Å². The van der Waals surface area contributed by atoms with E-state index in [1.165, 1.54) is 0 Å². The summed E-state index contributed by atoms with van der Waals surface area (Å²) in [6.07, 6.45) is 0.328. The molecule has 0 unspecified atom stereocenters. The van der Waals surface area contributed by atoms with E-state index in [4.69, 9.17) is 14.3 Å². The normalized spacial score (nSPS) is 15.8. The number of aromatic nitrogens is 1. The number of hydrogen-bond acceptors (Lipinski definition) is 7. The first-order valence-corrected chi connectivity index (χ1v) is 12.1. The molecule has 1 aliphatic heterocycles. The summed E-state index contributed by atoms with van der Waals surface area (Å²) in [5.74, 6) is 0.622. The maximum absolute atomic E-state index is 13.0. The lowest BCUT2D eigenvalue weighted by Gasteiger charge is -2.33. The third kappa shape index (κ3) is 5.86. The van der Waals surface area contributed by atoms with Crippen molar-refractivity contribution in [2.24, 2.45) is 0 Å². The van der Waals surface area contributed by atoms with E-state index in [9.17, 15) is 13.2 Å². The highest BCUT2D eigenvalue weighted by Gasteiger charge is 2.34. The molecular weight excluding hydrogens is 420 g/mol. The van der Waals surface area contributed by atoms with Crippen LogP contribution in [0.5, 0.6) is 0 Å². The van der Waals surface area contributed by atoms with Crippen LogP contribution in [0.1, 0.15) is 50.6 Å². The van der Waals surface area contributed by atoms with Crippen molar-refractivity contribution in [3.63, 3.8) is 0 Å². The number of carbonyl (C=O) groups excluding carboxylic acids is 1. The number of aliphatic hydroxyl groups excluding tert-OH is 1. The second-order valence-corrected chi connectivity index (χ2v) is 11.1. The molecule has 0 radical (unpaired) electrons. The summed E-state index contributed by atoms with van der Waals surface area (Å²) < 4.78 is 37.1.